The molecule has 0 N–H and O–H groups in total. The van der Waals surface area contributed by atoms with Gasteiger partial charge in [-0.1, -0.05) is 58.4 Å². The first-order valence-electron chi connectivity index (χ1n) is 6.04. The van der Waals surface area contributed by atoms with Crippen molar-refractivity contribution in [3.8, 4) is 0 Å². The van der Waals surface area contributed by atoms with Gasteiger partial charge in [-0.3, -0.25) is 4.79 Å². The summed E-state index contributed by atoms with van der Waals surface area (Å²) in [4.78, 5) is 11.9. The van der Waals surface area contributed by atoms with Crippen LogP contribution in [0.4, 0.5) is 0 Å². The maximum absolute atomic E-state index is 11.9. The molecule has 0 bridgehead atoms. The van der Waals surface area contributed by atoms with Crippen LogP contribution in [-0.4, -0.2) is 5.78 Å². The van der Waals surface area contributed by atoms with Crippen molar-refractivity contribution in [2.24, 2.45) is 0 Å². The Morgan fingerprint density at radius 3 is 2.39 bits per heavy atom. The summed E-state index contributed by atoms with van der Waals surface area (Å²) in [6.07, 6.45) is 1.95. The molecule has 0 saturated carbocycles. The minimum atomic E-state index is 0.289. The Bertz CT molecular complexity index is 520. The monoisotopic (exact) mass is 302 g/mol. The number of benzene rings is 2. The summed E-state index contributed by atoms with van der Waals surface area (Å²) in [5.74, 6) is 0.289. The maximum Gasteiger partial charge on any atom is 0.137 e. The van der Waals surface area contributed by atoms with Crippen LogP contribution in [0.3, 0.4) is 0 Å². The van der Waals surface area contributed by atoms with Gasteiger partial charge in [-0.05, 0) is 29.7 Å². The van der Waals surface area contributed by atoms with E-state index in [1.807, 2.05) is 42.5 Å². The van der Waals surface area contributed by atoms with E-state index >= 15 is 0 Å². The van der Waals surface area contributed by atoms with Crippen LogP contribution in [0.25, 0.3) is 0 Å². The van der Waals surface area contributed by atoms with Gasteiger partial charge in [0.1, 0.15) is 5.78 Å². The third kappa shape index (κ3) is 4.11. The molecule has 0 aliphatic heterocycles. The van der Waals surface area contributed by atoms with E-state index in [9.17, 15) is 4.79 Å². The second kappa shape index (κ2) is 6.50. The van der Waals surface area contributed by atoms with Crippen LogP contribution in [0.15, 0.2) is 59.1 Å². The van der Waals surface area contributed by atoms with Gasteiger partial charge in [0.25, 0.3) is 0 Å². The van der Waals surface area contributed by atoms with Gasteiger partial charge in [0, 0.05) is 17.3 Å². The summed E-state index contributed by atoms with van der Waals surface area (Å²) in [6.45, 7) is 0. The number of hydrogen-bond donors (Lipinski definition) is 0. The third-order valence-corrected chi connectivity index (χ3v) is 3.32. The Hall–Kier alpha value is -1.41. The Morgan fingerprint density at radius 2 is 1.67 bits per heavy atom. The largest absolute Gasteiger partial charge is 0.299 e. The molecule has 0 unspecified atom stereocenters. The summed E-state index contributed by atoms with van der Waals surface area (Å²) < 4.78 is 1.02. The first-order chi connectivity index (χ1) is 8.74. The number of Topliss-reactive ketones (excluding diaryl/α,β-unsaturated/α-hetero) is 1. The highest BCUT2D eigenvalue weighted by Gasteiger charge is 2.04. The normalized spacial score (nSPS) is 10.3. The van der Waals surface area contributed by atoms with Crippen LogP contribution in [0.5, 0.6) is 0 Å². The average Bonchev–Trinajstić information content (AvgIpc) is 2.38. The van der Waals surface area contributed by atoms with E-state index in [0.29, 0.717) is 12.8 Å². The fourth-order valence-electron chi connectivity index (χ4n) is 1.89. The molecule has 2 aromatic carbocycles. The summed E-state index contributed by atoms with van der Waals surface area (Å²) >= 11 is 3.42. The molecule has 0 radical (unpaired) electrons. The van der Waals surface area contributed by atoms with Gasteiger partial charge in [-0.2, -0.15) is 0 Å². The molecule has 1 nitrogen and oxygen atoms in total. The predicted molar refractivity (Wildman–Crippen MR) is 77.6 cm³/mol. The summed E-state index contributed by atoms with van der Waals surface area (Å²) in [6, 6.07) is 18.1. The van der Waals surface area contributed by atoms with Crippen molar-refractivity contribution in [3.63, 3.8) is 0 Å². The van der Waals surface area contributed by atoms with E-state index in [-0.39, 0.29) is 5.78 Å². The van der Waals surface area contributed by atoms with E-state index in [1.165, 1.54) is 5.56 Å². The van der Waals surface area contributed by atoms with Gasteiger partial charge in [-0.25, -0.2) is 0 Å². The van der Waals surface area contributed by atoms with Crippen molar-refractivity contribution in [2.75, 3.05) is 0 Å². The van der Waals surface area contributed by atoms with E-state index in [1.54, 1.807) is 0 Å². The second-order valence-corrected chi connectivity index (χ2v) is 5.25. The van der Waals surface area contributed by atoms with Crippen LogP contribution in [0.1, 0.15) is 17.5 Å². The molecule has 0 spiro atoms. The molecule has 92 valence electrons. The molecular formula is C16H15BrO. The topological polar surface area (TPSA) is 17.1 Å². The minimum Gasteiger partial charge on any atom is -0.299 e. The SMILES string of the molecule is O=C(CCc1ccccc1)Cc1cccc(Br)c1. The lowest BCUT2D eigenvalue weighted by molar-refractivity contribution is -0.118. The van der Waals surface area contributed by atoms with Crippen LogP contribution < -0.4 is 0 Å². The smallest absolute Gasteiger partial charge is 0.137 e. The highest BCUT2D eigenvalue weighted by molar-refractivity contribution is 9.10. The summed E-state index contributed by atoms with van der Waals surface area (Å²) in [7, 11) is 0. The van der Waals surface area contributed by atoms with Crippen molar-refractivity contribution in [2.45, 2.75) is 19.3 Å². The molecule has 0 aromatic heterocycles. The lowest BCUT2D eigenvalue weighted by atomic mass is 10.0. The molecule has 2 rings (SSSR count). The van der Waals surface area contributed by atoms with Crippen molar-refractivity contribution in [3.05, 3.63) is 70.2 Å². The summed E-state index contributed by atoms with van der Waals surface area (Å²) in [5.41, 5.74) is 2.29. The van der Waals surface area contributed by atoms with Gasteiger partial charge >= 0.3 is 0 Å². The molecule has 0 fully saturated rings. The van der Waals surface area contributed by atoms with Gasteiger partial charge in [0.05, 0.1) is 0 Å². The first kappa shape index (κ1) is 13.0. The molecule has 2 aromatic rings. The fraction of sp³-hybridized carbons (Fsp3) is 0.188. The Morgan fingerprint density at radius 1 is 0.944 bits per heavy atom. The number of carbonyl (C=O) groups excluding carboxylic acids is 1. The second-order valence-electron chi connectivity index (χ2n) is 4.33. The maximum atomic E-state index is 11.9. The molecule has 18 heavy (non-hydrogen) atoms. The zero-order valence-corrected chi connectivity index (χ0v) is 11.7. The first-order valence-corrected chi connectivity index (χ1v) is 6.83. The van der Waals surface area contributed by atoms with Crippen LogP contribution in [0.2, 0.25) is 0 Å². The zero-order chi connectivity index (χ0) is 12.8. The molecule has 0 saturated heterocycles. The van der Waals surface area contributed by atoms with Gasteiger partial charge in [0.15, 0.2) is 0 Å². The van der Waals surface area contributed by atoms with Gasteiger partial charge in [-0.15, -0.1) is 0 Å². The van der Waals surface area contributed by atoms with E-state index in [4.69, 9.17) is 0 Å². The number of halogens is 1. The molecular weight excluding hydrogens is 288 g/mol. The number of rotatable bonds is 5. The lowest BCUT2D eigenvalue weighted by Crippen LogP contribution is -2.04. The molecule has 0 amide bonds. The number of ketones is 1. The Labute approximate surface area is 116 Å². The number of carbonyl (C=O) groups is 1. The molecule has 0 heterocycles. The van der Waals surface area contributed by atoms with E-state index in [0.717, 1.165) is 16.5 Å². The Kier molecular flexibility index (Phi) is 4.71. The minimum absolute atomic E-state index is 0.289. The average molecular weight is 303 g/mol. The summed E-state index contributed by atoms with van der Waals surface area (Å²) in [5, 5.41) is 0. The van der Waals surface area contributed by atoms with Crippen LogP contribution in [0, 0.1) is 0 Å². The number of aryl methyl sites for hydroxylation is 1. The van der Waals surface area contributed by atoms with Crippen molar-refractivity contribution in [1.29, 1.82) is 0 Å². The molecule has 0 atom stereocenters. The highest BCUT2D eigenvalue weighted by atomic mass is 79.9. The van der Waals surface area contributed by atoms with Gasteiger partial charge < -0.3 is 0 Å². The standard InChI is InChI=1S/C16H15BrO/c17-15-8-4-7-14(11-15)12-16(18)10-9-13-5-2-1-3-6-13/h1-8,11H,9-10,12H2. The lowest BCUT2D eigenvalue weighted by Gasteiger charge is -2.02. The molecule has 2 heteroatoms. The highest BCUT2D eigenvalue weighted by Crippen LogP contribution is 2.13. The fourth-order valence-corrected chi connectivity index (χ4v) is 2.34. The van der Waals surface area contributed by atoms with Crippen molar-refractivity contribution < 1.29 is 4.79 Å². The van der Waals surface area contributed by atoms with Crippen molar-refractivity contribution >= 4 is 21.7 Å². The van der Waals surface area contributed by atoms with Gasteiger partial charge in [0.2, 0.25) is 0 Å². The Balaban J connectivity index is 1.86. The zero-order valence-electron chi connectivity index (χ0n) is 10.1. The van der Waals surface area contributed by atoms with Crippen molar-refractivity contribution in [1.82, 2.24) is 0 Å². The third-order valence-electron chi connectivity index (χ3n) is 2.83. The van der Waals surface area contributed by atoms with Crippen LogP contribution >= 0.6 is 15.9 Å². The number of hydrogen-bond acceptors (Lipinski definition) is 1. The predicted octanol–water partition coefficient (Wildman–Crippen LogP) is 4.19. The quantitative estimate of drug-likeness (QED) is 0.809. The molecule has 0 aliphatic carbocycles. The van der Waals surface area contributed by atoms with Crippen LogP contribution in [-0.2, 0) is 17.6 Å². The molecule has 0 aliphatic rings. The van der Waals surface area contributed by atoms with E-state index < -0.39 is 0 Å². The van der Waals surface area contributed by atoms with E-state index in [2.05, 4.69) is 28.1 Å².